The van der Waals surface area contributed by atoms with E-state index in [9.17, 15) is 26.3 Å². The summed E-state index contributed by atoms with van der Waals surface area (Å²) < 4.78 is 76.9. The molecule has 0 aromatic heterocycles. The molecule has 120 valence electrons. The molecule has 1 N–H and O–H groups in total. The molecule has 1 fully saturated rings. The van der Waals surface area contributed by atoms with Gasteiger partial charge in [-0.05, 0) is 25.8 Å². The Labute approximate surface area is 113 Å². The average Bonchev–Trinajstić information content (AvgIpc) is 2.31. The predicted octanol–water partition coefficient (Wildman–Crippen LogP) is 3.81. The fraction of sp³-hybridized carbons (Fsp3) is 1.00. The van der Waals surface area contributed by atoms with Crippen molar-refractivity contribution in [1.29, 1.82) is 0 Å². The maximum absolute atomic E-state index is 12.2. The molecule has 0 bridgehead atoms. The third-order valence-electron chi connectivity index (χ3n) is 3.24. The Kier molecular flexibility index (Phi) is 6.57. The van der Waals surface area contributed by atoms with Crippen molar-refractivity contribution in [3.8, 4) is 0 Å². The highest BCUT2D eigenvalue weighted by Crippen LogP contribution is 2.35. The van der Waals surface area contributed by atoms with E-state index in [1.54, 1.807) is 0 Å². The molecular formula is C12H19F6NO. The molecule has 0 atom stereocenters. The summed E-state index contributed by atoms with van der Waals surface area (Å²) in [6.07, 6.45) is -8.99. The summed E-state index contributed by atoms with van der Waals surface area (Å²) in [5, 5.41) is 3.13. The van der Waals surface area contributed by atoms with E-state index in [-0.39, 0.29) is 6.42 Å². The average molecular weight is 307 g/mol. The third kappa shape index (κ3) is 6.30. The molecule has 0 amide bonds. The van der Waals surface area contributed by atoms with E-state index in [4.69, 9.17) is 0 Å². The van der Waals surface area contributed by atoms with Gasteiger partial charge in [0.15, 0.2) is 0 Å². The van der Waals surface area contributed by atoms with Gasteiger partial charge in [-0.15, -0.1) is 0 Å². The van der Waals surface area contributed by atoms with E-state index in [2.05, 4.69) is 10.1 Å². The van der Waals surface area contributed by atoms with E-state index >= 15 is 0 Å². The van der Waals surface area contributed by atoms with Gasteiger partial charge in [0.05, 0.1) is 0 Å². The van der Waals surface area contributed by atoms with E-state index in [1.807, 2.05) is 0 Å². The Balaban J connectivity index is 2.20. The maximum atomic E-state index is 12.2. The second kappa shape index (κ2) is 7.49. The van der Waals surface area contributed by atoms with E-state index < -0.39 is 25.1 Å². The van der Waals surface area contributed by atoms with Gasteiger partial charge in [0.25, 0.3) is 0 Å². The minimum absolute atomic E-state index is 0.124. The van der Waals surface area contributed by atoms with Gasteiger partial charge in [-0.2, -0.15) is 26.3 Å². The molecule has 2 nitrogen and oxygen atoms in total. The highest BCUT2D eigenvalue weighted by atomic mass is 19.4. The summed E-state index contributed by atoms with van der Waals surface area (Å²) in [6.45, 7) is -0.198. The van der Waals surface area contributed by atoms with Gasteiger partial charge in [0, 0.05) is 12.6 Å². The first-order valence-electron chi connectivity index (χ1n) is 6.69. The normalized spacial score (nSPS) is 18.8. The molecule has 0 unspecified atom stereocenters. The smallest absolute Gasteiger partial charge is 0.361 e. The monoisotopic (exact) mass is 307 g/mol. The number of alkyl halides is 6. The lowest BCUT2D eigenvalue weighted by Gasteiger charge is -2.24. The Morgan fingerprint density at radius 2 is 1.50 bits per heavy atom. The van der Waals surface area contributed by atoms with Gasteiger partial charge in [0.2, 0.25) is 6.10 Å². The highest BCUT2D eigenvalue weighted by molar-refractivity contribution is 4.76. The van der Waals surface area contributed by atoms with Crippen molar-refractivity contribution in [2.45, 2.75) is 63.0 Å². The van der Waals surface area contributed by atoms with E-state index in [0.29, 0.717) is 12.6 Å². The van der Waals surface area contributed by atoms with Crippen LogP contribution in [0.5, 0.6) is 0 Å². The molecule has 0 aromatic rings. The Morgan fingerprint density at radius 1 is 0.950 bits per heavy atom. The third-order valence-corrected chi connectivity index (χ3v) is 3.24. The number of nitrogens with one attached hydrogen (secondary N) is 1. The van der Waals surface area contributed by atoms with Crippen molar-refractivity contribution in [3.05, 3.63) is 0 Å². The molecule has 0 saturated heterocycles. The van der Waals surface area contributed by atoms with Gasteiger partial charge < -0.3 is 10.1 Å². The van der Waals surface area contributed by atoms with Gasteiger partial charge in [-0.3, -0.25) is 0 Å². The Hall–Kier alpha value is -0.500. The second-order valence-corrected chi connectivity index (χ2v) is 4.98. The highest BCUT2D eigenvalue weighted by Gasteiger charge is 2.57. The molecule has 1 aliphatic rings. The molecule has 0 aliphatic heterocycles. The van der Waals surface area contributed by atoms with Crippen LogP contribution < -0.4 is 5.32 Å². The zero-order chi connectivity index (χ0) is 15.2. The van der Waals surface area contributed by atoms with Crippen LogP contribution >= 0.6 is 0 Å². The molecule has 1 saturated carbocycles. The lowest BCUT2D eigenvalue weighted by atomic mass is 9.95. The van der Waals surface area contributed by atoms with Crippen molar-refractivity contribution in [1.82, 2.24) is 5.32 Å². The summed E-state index contributed by atoms with van der Waals surface area (Å²) in [5.41, 5.74) is 0. The van der Waals surface area contributed by atoms with Gasteiger partial charge >= 0.3 is 12.4 Å². The summed E-state index contributed by atoms with van der Waals surface area (Å²) in [6, 6.07) is 0.324. The second-order valence-electron chi connectivity index (χ2n) is 4.98. The van der Waals surface area contributed by atoms with Crippen LogP contribution in [-0.2, 0) is 4.74 Å². The molecular weight excluding hydrogens is 288 g/mol. The number of hydrogen-bond donors (Lipinski definition) is 1. The molecule has 20 heavy (non-hydrogen) atoms. The summed E-state index contributed by atoms with van der Waals surface area (Å²) in [4.78, 5) is 0. The SMILES string of the molecule is FC(F)(F)C(OCCCNC1CCCCC1)C(F)(F)F. The largest absolute Gasteiger partial charge is 0.423 e. The van der Waals surface area contributed by atoms with Crippen LogP contribution in [0.2, 0.25) is 0 Å². The summed E-state index contributed by atoms with van der Waals surface area (Å²) >= 11 is 0. The first kappa shape index (κ1) is 17.6. The molecule has 0 radical (unpaired) electrons. The lowest BCUT2D eigenvalue weighted by molar-refractivity contribution is -0.321. The zero-order valence-corrected chi connectivity index (χ0v) is 11.0. The van der Waals surface area contributed by atoms with Crippen molar-refractivity contribution in [2.24, 2.45) is 0 Å². The molecule has 0 heterocycles. The van der Waals surface area contributed by atoms with Crippen molar-refractivity contribution >= 4 is 0 Å². The van der Waals surface area contributed by atoms with Crippen LogP contribution in [0.3, 0.4) is 0 Å². The molecule has 0 aromatic carbocycles. The molecule has 8 heteroatoms. The van der Waals surface area contributed by atoms with Gasteiger partial charge in [-0.25, -0.2) is 0 Å². The summed E-state index contributed by atoms with van der Waals surface area (Å²) in [5.74, 6) is 0. The Morgan fingerprint density at radius 3 is 2.00 bits per heavy atom. The van der Waals surface area contributed by atoms with Crippen LogP contribution in [0, 0.1) is 0 Å². The molecule has 1 aliphatic carbocycles. The van der Waals surface area contributed by atoms with Crippen LogP contribution in [0.1, 0.15) is 38.5 Å². The number of rotatable bonds is 6. The first-order valence-corrected chi connectivity index (χ1v) is 6.69. The van der Waals surface area contributed by atoms with Crippen molar-refractivity contribution in [3.63, 3.8) is 0 Å². The number of halogens is 6. The molecule has 0 spiro atoms. The quantitative estimate of drug-likeness (QED) is 0.595. The first-order chi connectivity index (χ1) is 9.21. The minimum atomic E-state index is -5.42. The predicted molar refractivity (Wildman–Crippen MR) is 61.3 cm³/mol. The van der Waals surface area contributed by atoms with Crippen LogP contribution in [0.25, 0.3) is 0 Å². The minimum Gasteiger partial charge on any atom is -0.361 e. The topological polar surface area (TPSA) is 21.3 Å². The van der Waals surface area contributed by atoms with Crippen molar-refractivity contribution in [2.75, 3.05) is 13.2 Å². The number of ether oxygens (including phenoxy) is 1. The zero-order valence-electron chi connectivity index (χ0n) is 11.0. The standard InChI is InChI=1S/C12H19F6NO/c13-11(14,15)10(12(16,17)18)20-8-4-7-19-9-5-2-1-3-6-9/h9-10,19H,1-8H2. The lowest BCUT2D eigenvalue weighted by Crippen LogP contribution is -2.44. The van der Waals surface area contributed by atoms with Crippen LogP contribution in [0.15, 0.2) is 0 Å². The van der Waals surface area contributed by atoms with Gasteiger partial charge in [-0.1, -0.05) is 19.3 Å². The fourth-order valence-electron chi connectivity index (χ4n) is 2.26. The van der Waals surface area contributed by atoms with E-state index in [0.717, 1.165) is 25.7 Å². The van der Waals surface area contributed by atoms with Crippen LogP contribution in [-0.4, -0.2) is 37.7 Å². The fourth-order valence-corrected chi connectivity index (χ4v) is 2.26. The van der Waals surface area contributed by atoms with Gasteiger partial charge in [0.1, 0.15) is 0 Å². The van der Waals surface area contributed by atoms with E-state index in [1.165, 1.54) is 6.42 Å². The Bertz CT molecular complexity index is 258. The number of hydrogen-bond acceptors (Lipinski definition) is 2. The molecule has 1 rings (SSSR count). The maximum Gasteiger partial charge on any atom is 0.423 e. The van der Waals surface area contributed by atoms with Crippen LogP contribution in [0.4, 0.5) is 26.3 Å². The summed E-state index contributed by atoms with van der Waals surface area (Å²) in [7, 11) is 0. The van der Waals surface area contributed by atoms with Crippen molar-refractivity contribution < 1.29 is 31.1 Å².